The molecule has 7 rings (SSSR count). The molecule has 0 unspecified atom stereocenters. The molecule has 0 bridgehead atoms. The third-order valence-electron chi connectivity index (χ3n) is 14.4. The van der Waals surface area contributed by atoms with Gasteiger partial charge in [-0.3, -0.25) is 14.9 Å². The van der Waals surface area contributed by atoms with Gasteiger partial charge >= 0.3 is 0 Å². The number of fused-ring (bicyclic) bond motifs is 7. The minimum atomic E-state index is -0.128. The lowest BCUT2D eigenvalue weighted by Crippen LogP contribution is -2.57. The van der Waals surface area contributed by atoms with Crippen LogP contribution in [0.15, 0.2) is 11.6 Å². The fraction of sp³-hybridized carbons (Fsp3) is 0.889. The van der Waals surface area contributed by atoms with E-state index in [9.17, 15) is 9.59 Å². The van der Waals surface area contributed by atoms with Gasteiger partial charge in [0.25, 0.3) is 0 Å². The van der Waals surface area contributed by atoms with Crippen molar-refractivity contribution in [3.63, 3.8) is 0 Å². The molecule has 3 aliphatic heterocycles. The lowest BCUT2D eigenvalue weighted by atomic mass is 9.46. The van der Waals surface area contributed by atoms with E-state index in [1.807, 2.05) is 0 Å². The van der Waals surface area contributed by atoms with Crippen LogP contribution in [0, 0.1) is 46.3 Å². The van der Waals surface area contributed by atoms with Crippen molar-refractivity contribution in [2.75, 3.05) is 26.7 Å². The van der Waals surface area contributed by atoms with Crippen molar-refractivity contribution in [1.82, 2.24) is 20.9 Å². The van der Waals surface area contributed by atoms with Gasteiger partial charge in [0.1, 0.15) is 12.1 Å². The SMILES string of the molecule is C[C@@H]1CC[C@@]2(NC1)O[C@H]1C[C@H]3[C@@H]4CC=C5C[C@H](NC(=O)CC(=O)NC6CCN(C)CC6)CC[C@]5(C)[C@H]4CC[C@]3(C)[C@H]1[C@@H]2C. The predicted octanol–water partition coefficient (Wildman–Crippen LogP) is 5.01. The Balaban J connectivity index is 0.972. The van der Waals surface area contributed by atoms with Gasteiger partial charge in [0, 0.05) is 24.5 Å². The quantitative estimate of drug-likeness (QED) is 0.315. The van der Waals surface area contributed by atoms with Crippen molar-refractivity contribution in [2.45, 2.75) is 129 Å². The number of nitrogens with zero attached hydrogens (tertiary/aromatic N) is 1. The Morgan fingerprint density at radius 3 is 2.44 bits per heavy atom. The van der Waals surface area contributed by atoms with Crippen LogP contribution in [0.4, 0.5) is 0 Å². The normalized spacial score (nSPS) is 48.1. The zero-order chi connectivity index (χ0) is 30.1. The zero-order valence-electron chi connectivity index (χ0n) is 27.6. The Hall–Kier alpha value is -1.44. The average Bonchev–Trinajstić information content (AvgIpc) is 3.41. The van der Waals surface area contributed by atoms with Gasteiger partial charge in [0.2, 0.25) is 11.8 Å². The number of allylic oxidation sites excluding steroid dienone is 1. The first-order chi connectivity index (χ1) is 20.5. The molecule has 3 saturated carbocycles. The maximum absolute atomic E-state index is 12.9. The highest BCUT2D eigenvalue weighted by Gasteiger charge is 2.68. The van der Waals surface area contributed by atoms with Crippen LogP contribution in [0.1, 0.15) is 105 Å². The number of likely N-dealkylation sites (tertiary alicyclic amines) is 1. The molecule has 1 spiro atoms. The van der Waals surface area contributed by atoms with E-state index >= 15 is 0 Å². The molecule has 7 nitrogen and oxygen atoms in total. The van der Waals surface area contributed by atoms with E-state index in [1.54, 1.807) is 5.57 Å². The van der Waals surface area contributed by atoms with Crippen LogP contribution in [0.5, 0.6) is 0 Å². The highest BCUT2D eigenvalue weighted by Crippen LogP contribution is 2.70. The summed E-state index contributed by atoms with van der Waals surface area (Å²) in [7, 11) is 2.12. The molecule has 3 N–H and O–H groups in total. The van der Waals surface area contributed by atoms with Crippen molar-refractivity contribution in [2.24, 2.45) is 46.3 Å². The minimum absolute atomic E-state index is 0.0528. The second kappa shape index (κ2) is 11.1. The van der Waals surface area contributed by atoms with E-state index in [0.717, 1.165) is 75.4 Å². The first-order valence-corrected chi connectivity index (χ1v) is 17.9. The van der Waals surface area contributed by atoms with E-state index in [1.165, 1.54) is 38.5 Å². The van der Waals surface area contributed by atoms with Gasteiger partial charge in [-0.2, -0.15) is 0 Å². The van der Waals surface area contributed by atoms with Crippen molar-refractivity contribution in [1.29, 1.82) is 0 Å². The fourth-order valence-corrected chi connectivity index (χ4v) is 11.8. The molecule has 0 aromatic heterocycles. The Kier molecular flexibility index (Phi) is 7.82. The number of amides is 2. The maximum atomic E-state index is 12.9. The van der Waals surface area contributed by atoms with E-state index in [4.69, 9.17) is 4.74 Å². The van der Waals surface area contributed by atoms with Crippen LogP contribution < -0.4 is 16.0 Å². The maximum Gasteiger partial charge on any atom is 0.229 e. The van der Waals surface area contributed by atoms with Gasteiger partial charge < -0.3 is 20.3 Å². The van der Waals surface area contributed by atoms with Crippen LogP contribution in [-0.2, 0) is 14.3 Å². The van der Waals surface area contributed by atoms with Gasteiger partial charge in [-0.15, -0.1) is 0 Å². The highest BCUT2D eigenvalue weighted by atomic mass is 16.5. The van der Waals surface area contributed by atoms with Crippen LogP contribution in [0.3, 0.4) is 0 Å². The number of ether oxygens (including phenoxy) is 1. The molecule has 240 valence electrons. The molecule has 6 fully saturated rings. The third kappa shape index (κ3) is 5.12. The van der Waals surface area contributed by atoms with Gasteiger partial charge in [-0.05, 0) is 131 Å². The number of rotatable bonds is 4. The Morgan fingerprint density at radius 1 is 0.977 bits per heavy atom. The highest BCUT2D eigenvalue weighted by molar-refractivity contribution is 5.97. The molecular weight excluding hydrogens is 536 g/mol. The Labute approximate surface area is 260 Å². The summed E-state index contributed by atoms with van der Waals surface area (Å²) in [5, 5.41) is 10.2. The van der Waals surface area contributed by atoms with Crippen LogP contribution >= 0.6 is 0 Å². The molecule has 11 atom stereocenters. The summed E-state index contributed by atoms with van der Waals surface area (Å²) in [5.74, 6) is 3.98. The minimum Gasteiger partial charge on any atom is -0.357 e. The van der Waals surface area contributed by atoms with Gasteiger partial charge in [-0.25, -0.2) is 0 Å². The number of carbonyl (C=O) groups excluding carboxylic acids is 2. The number of hydrogen-bond donors (Lipinski definition) is 3. The van der Waals surface area contributed by atoms with Crippen molar-refractivity contribution < 1.29 is 14.3 Å². The number of piperidine rings is 2. The summed E-state index contributed by atoms with van der Waals surface area (Å²) in [5.41, 5.74) is 2.10. The monoisotopic (exact) mass is 594 g/mol. The van der Waals surface area contributed by atoms with Crippen LogP contribution in [0.2, 0.25) is 0 Å². The van der Waals surface area contributed by atoms with Gasteiger partial charge in [0.15, 0.2) is 0 Å². The predicted molar refractivity (Wildman–Crippen MR) is 169 cm³/mol. The molecule has 3 heterocycles. The first kappa shape index (κ1) is 30.2. The van der Waals surface area contributed by atoms with E-state index in [0.29, 0.717) is 23.4 Å². The lowest BCUT2D eigenvalue weighted by Gasteiger charge is -2.58. The molecule has 0 radical (unpaired) electrons. The third-order valence-corrected chi connectivity index (χ3v) is 14.4. The molecule has 3 saturated heterocycles. The van der Waals surface area contributed by atoms with Crippen LogP contribution in [-0.4, -0.2) is 67.3 Å². The first-order valence-electron chi connectivity index (χ1n) is 17.9. The largest absolute Gasteiger partial charge is 0.357 e. The topological polar surface area (TPSA) is 82.7 Å². The fourth-order valence-electron chi connectivity index (χ4n) is 11.8. The summed E-state index contributed by atoms with van der Waals surface area (Å²) in [6.07, 6.45) is 15.5. The van der Waals surface area contributed by atoms with Gasteiger partial charge in [-0.1, -0.05) is 39.3 Å². The molecule has 7 heteroatoms. The van der Waals surface area contributed by atoms with Crippen molar-refractivity contribution in [3.05, 3.63) is 11.6 Å². The summed E-state index contributed by atoms with van der Waals surface area (Å²) >= 11 is 0. The summed E-state index contributed by atoms with van der Waals surface area (Å²) in [4.78, 5) is 27.7. The molecule has 2 amide bonds. The molecule has 0 aromatic carbocycles. The number of hydrogen-bond acceptors (Lipinski definition) is 5. The van der Waals surface area contributed by atoms with E-state index in [2.05, 4.69) is 61.7 Å². The summed E-state index contributed by atoms with van der Waals surface area (Å²) < 4.78 is 7.07. The van der Waals surface area contributed by atoms with Crippen molar-refractivity contribution in [3.8, 4) is 0 Å². The second-order valence-corrected chi connectivity index (χ2v) is 16.8. The summed E-state index contributed by atoms with van der Waals surface area (Å²) in [6, 6.07) is 0.350. The Morgan fingerprint density at radius 2 is 1.72 bits per heavy atom. The van der Waals surface area contributed by atoms with Crippen LogP contribution in [0.25, 0.3) is 0 Å². The van der Waals surface area contributed by atoms with Gasteiger partial charge in [0.05, 0.1) is 6.10 Å². The lowest BCUT2D eigenvalue weighted by molar-refractivity contribution is -0.130. The number of nitrogens with one attached hydrogen (secondary N) is 3. The second-order valence-electron chi connectivity index (χ2n) is 16.8. The molecular formula is C36H58N4O3. The number of carbonyl (C=O) groups is 2. The van der Waals surface area contributed by atoms with Crippen molar-refractivity contribution >= 4 is 11.8 Å². The smallest absolute Gasteiger partial charge is 0.229 e. The molecule has 7 aliphatic rings. The Bertz CT molecular complexity index is 1120. The average molecular weight is 595 g/mol. The molecule has 4 aliphatic carbocycles. The van der Waals surface area contributed by atoms with E-state index in [-0.39, 0.29) is 41.5 Å². The molecule has 0 aromatic rings. The summed E-state index contributed by atoms with van der Waals surface area (Å²) in [6.45, 7) is 13.1. The zero-order valence-corrected chi connectivity index (χ0v) is 27.6. The molecule has 43 heavy (non-hydrogen) atoms. The van der Waals surface area contributed by atoms with E-state index < -0.39 is 0 Å². The standard InChI is InChI=1S/C36H58N4O3/c1-22-8-15-36(37-21-22)23(2)33-30(43-36)19-29-27-7-6-24-18-26(9-13-34(24,3)28(27)10-14-35(29,33)4)39-32(42)20-31(41)38-25-11-16-40(5)17-12-25/h6,22-23,25-30,33,37H,7-21H2,1-5H3,(H,38,41)(H,39,42)/t22-,23+,26-,27-,28+,29+,30+,33+,34+,35+,36-/m1/s1.